The summed E-state index contributed by atoms with van der Waals surface area (Å²) in [6.07, 6.45) is -0.0170. The summed E-state index contributed by atoms with van der Waals surface area (Å²) < 4.78 is 4.29. The predicted molar refractivity (Wildman–Crippen MR) is 59.6 cm³/mol. The Labute approximate surface area is 103 Å². The normalized spacial score (nSPS) is 11.7. The molecule has 6 nitrogen and oxygen atoms in total. The lowest BCUT2D eigenvalue weighted by molar-refractivity contribution is -0.149. The SMILES string of the molecule is COC(=O)C(O)CNC(=O)c1cc(Cl)ccn1. The number of carbonyl (C=O) groups excluding carboxylic acids is 2. The van der Waals surface area contributed by atoms with E-state index in [9.17, 15) is 14.7 Å². The largest absolute Gasteiger partial charge is 0.467 e. The Balaban J connectivity index is 2.53. The number of rotatable bonds is 4. The van der Waals surface area contributed by atoms with Gasteiger partial charge < -0.3 is 15.2 Å². The summed E-state index contributed by atoms with van der Waals surface area (Å²) in [7, 11) is 1.14. The molecule has 0 aliphatic heterocycles. The van der Waals surface area contributed by atoms with Crippen LogP contribution in [0, 0.1) is 0 Å². The topological polar surface area (TPSA) is 88.5 Å². The van der Waals surface area contributed by atoms with Gasteiger partial charge in [0.05, 0.1) is 13.7 Å². The van der Waals surface area contributed by atoms with E-state index in [2.05, 4.69) is 15.0 Å². The molecule has 1 unspecified atom stereocenters. The molecule has 0 saturated heterocycles. The Hall–Kier alpha value is -1.66. The Morgan fingerprint density at radius 2 is 2.35 bits per heavy atom. The molecule has 0 aliphatic carbocycles. The summed E-state index contributed by atoms with van der Waals surface area (Å²) in [5, 5.41) is 11.9. The summed E-state index contributed by atoms with van der Waals surface area (Å²) in [5.74, 6) is -1.35. The molecule has 0 saturated carbocycles. The summed E-state index contributed by atoms with van der Waals surface area (Å²) in [4.78, 5) is 26.2. The molecule has 1 rings (SSSR count). The van der Waals surface area contributed by atoms with Crippen LogP contribution in [-0.2, 0) is 9.53 Å². The molecule has 0 fully saturated rings. The number of halogens is 1. The molecule has 0 bridgehead atoms. The highest BCUT2D eigenvalue weighted by atomic mass is 35.5. The summed E-state index contributed by atoms with van der Waals surface area (Å²) in [6, 6.07) is 2.91. The summed E-state index contributed by atoms with van der Waals surface area (Å²) in [5.41, 5.74) is 0.106. The average Bonchev–Trinajstić information content (AvgIpc) is 2.34. The molecule has 1 aromatic rings. The van der Waals surface area contributed by atoms with Crippen LogP contribution in [0.4, 0.5) is 0 Å². The van der Waals surface area contributed by atoms with Crippen molar-refractivity contribution in [2.45, 2.75) is 6.10 Å². The molecule has 1 amide bonds. The molecule has 0 aromatic carbocycles. The van der Waals surface area contributed by atoms with Crippen molar-refractivity contribution in [1.29, 1.82) is 0 Å². The van der Waals surface area contributed by atoms with Crippen molar-refractivity contribution in [2.75, 3.05) is 13.7 Å². The zero-order valence-corrected chi connectivity index (χ0v) is 9.77. The van der Waals surface area contributed by atoms with Crippen LogP contribution in [0.25, 0.3) is 0 Å². The van der Waals surface area contributed by atoms with Gasteiger partial charge in [0.2, 0.25) is 0 Å². The third kappa shape index (κ3) is 4.01. The fourth-order valence-corrected chi connectivity index (χ4v) is 1.19. The van der Waals surface area contributed by atoms with E-state index in [1.54, 1.807) is 0 Å². The predicted octanol–water partition coefficient (Wildman–Crippen LogP) is -0.00130. The molecule has 1 aromatic heterocycles. The Morgan fingerprint density at radius 3 is 2.94 bits per heavy atom. The van der Waals surface area contributed by atoms with Crippen LogP contribution in [-0.4, -0.2) is 41.7 Å². The number of aliphatic hydroxyl groups excluding tert-OH is 1. The first-order valence-corrected chi connectivity index (χ1v) is 5.08. The van der Waals surface area contributed by atoms with E-state index in [1.807, 2.05) is 0 Å². The molecular weight excluding hydrogens is 248 g/mol. The highest BCUT2D eigenvalue weighted by Gasteiger charge is 2.17. The van der Waals surface area contributed by atoms with Gasteiger partial charge >= 0.3 is 5.97 Å². The maximum Gasteiger partial charge on any atom is 0.336 e. The number of aliphatic hydroxyl groups is 1. The molecule has 1 heterocycles. The van der Waals surface area contributed by atoms with Crippen LogP contribution in [0.1, 0.15) is 10.5 Å². The molecule has 1 atom stereocenters. The number of carbonyl (C=O) groups is 2. The number of nitrogens with one attached hydrogen (secondary N) is 1. The van der Waals surface area contributed by atoms with Crippen molar-refractivity contribution in [3.8, 4) is 0 Å². The van der Waals surface area contributed by atoms with E-state index in [-0.39, 0.29) is 12.2 Å². The minimum atomic E-state index is -1.40. The van der Waals surface area contributed by atoms with Crippen molar-refractivity contribution >= 4 is 23.5 Å². The van der Waals surface area contributed by atoms with Crippen molar-refractivity contribution in [3.63, 3.8) is 0 Å². The number of amides is 1. The molecule has 7 heteroatoms. The molecule has 17 heavy (non-hydrogen) atoms. The van der Waals surface area contributed by atoms with Gasteiger partial charge in [-0.15, -0.1) is 0 Å². The first-order chi connectivity index (χ1) is 8.04. The van der Waals surface area contributed by atoms with E-state index in [1.165, 1.54) is 18.3 Å². The number of nitrogens with zero attached hydrogens (tertiary/aromatic N) is 1. The number of aromatic nitrogens is 1. The molecule has 2 N–H and O–H groups in total. The lowest BCUT2D eigenvalue weighted by Crippen LogP contribution is -2.37. The lowest BCUT2D eigenvalue weighted by Gasteiger charge is -2.09. The smallest absolute Gasteiger partial charge is 0.336 e. The average molecular weight is 259 g/mol. The highest BCUT2D eigenvalue weighted by molar-refractivity contribution is 6.30. The van der Waals surface area contributed by atoms with E-state index in [0.717, 1.165) is 7.11 Å². The van der Waals surface area contributed by atoms with Gasteiger partial charge in [0.1, 0.15) is 5.69 Å². The molecular formula is C10H11ClN2O4. The van der Waals surface area contributed by atoms with Crippen LogP contribution in [0.2, 0.25) is 5.02 Å². The second kappa shape index (κ2) is 6.17. The standard InChI is InChI=1S/C10H11ClN2O4/c1-17-10(16)8(14)5-13-9(15)7-4-6(11)2-3-12-7/h2-4,8,14H,5H2,1H3,(H,13,15). The molecule has 0 spiro atoms. The third-order valence-electron chi connectivity index (χ3n) is 1.88. The summed E-state index contributed by atoms with van der Waals surface area (Å²) in [6.45, 7) is -0.250. The number of hydrogen-bond acceptors (Lipinski definition) is 5. The fraction of sp³-hybridized carbons (Fsp3) is 0.300. The Bertz CT molecular complexity index is 425. The fourth-order valence-electron chi connectivity index (χ4n) is 1.03. The first kappa shape index (κ1) is 13.4. The van der Waals surface area contributed by atoms with E-state index >= 15 is 0 Å². The molecule has 92 valence electrons. The monoisotopic (exact) mass is 258 g/mol. The Kier molecular flexibility index (Phi) is 4.86. The van der Waals surface area contributed by atoms with E-state index < -0.39 is 18.0 Å². The van der Waals surface area contributed by atoms with Gasteiger partial charge in [0.25, 0.3) is 5.91 Å². The van der Waals surface area contributed by atoms with Gasteiger partial charge in [-0.25, -0.2) is 4.79 Å². The van der Waals surface area contributed by atoms with Crippen LogP contribution < -0.4 is 5.32 Å². The van der Waals surface area contributed by atoms with Gasteiger partial charge in [-0.3, -0.25) is 9.78 Å². The van der Waals surface area contributed by atoms with Crippen molar-refractivity contribution in [3.05, 3.63) is 29.0 Å². The van der Waals surface area contributed by atoms with Gasteiger partial charge in [-0.05, 0) is 12.1 Å². The quantitative estimate of drug-likeness (QED) is 0.742. The van der Waals surface area contributed by atoms with Crippen LogP contribution in [0.15, 0.2) is 18.3 Å². The first-order valence-electron chi connectivity index (χ1n) is 4.70. The maximum atomic E-state index is 11.5. The second-order valence-corrected chi connectivity index (χ2v) is 3.54. The Morgan fingerprint density at radius 1 is 1.65 bits per heavy atom. The highest BCUT2D eigenvalue weighted by Crippen LogP contribution is 2.07. The van der Waals surface area contributed by atoms with Crippen LogP contribution in [0.3, 0.4) is 0 Å². The van der Waals surface area contributed by atoms with Crippen molar-refractivity contribution < 1.29 is 19.4 Å². The lowest BCUT2D eigenvalue weighted by atomic mass is 10.3. The third-order valence-corrected chi connectivity index (χ3v) is 2.12. The van der Waals surface area contributed by atoms with Gasteiger partial charge in [0, 0.05) is 11.2 Å². The van der Waals surface area contributed by atoms with Gasteiger partial charge in [-0.1, -0.05) is 11.6 Å². The van der Waals surface area contributed by atoms with Gasteiger partial charge in [-0.2, -0.15) is 0 Å². The van der Waals surface area contributed by atoms with E-state index in [4.69, 9.17) is 11.6 Å². The molecule has 0 aliphatic rings. The van der Waals surface area contributed by atoms with Crippen LogP contribution in [0.5, 0.6) is 0 Å². The molecule has 0 radical (unpaired) electrons. The second-order valence-electron chi connectivity index (χ2n) is 3.11. The number of ether oxygens (including phenoxy) is 1. The number of methoxy groups -OCH3 is 1. The van der Waals surface area contributed by atoms with Gasteiger partial charge in [0.15, 0.2) is 6.10 Å². The number of esters is 1. The number of hydrogen-bond donors (Lipinski definition) is 2. The zero-order valence-electron chi connectivity index (χ0n) is 9.01. The zero-order chi connectivity index (χ0) is 12.8. The summed E-state index contributed by atoms with van der Waals surface area (Å²) >= 11 is 5.68. The van der Waals surface area contributed by atoms with Crippen molar-refractivity contribution in [2.24, 2.45) is 0 Å². The number of pyridine rings is 1. The maximum absolute atomic E-state index is 11.5. The van der Waals surface area contributed by atoms with E-state index in [0.29, 0.717) is 5.02 Å². The van der Waals surface area contributed by atoms with Crippen molar-refractivity contribution in [1.82, 2.24) is 10.3 Å². The minimum Gasteiger partial charge on any atom is -0.467 e. The van der Waals surface area contributed by atoms with Crippen LogP contribution >= 0.6 is 11.6 Å². The minimum absolute atomic E-state index is 0.106.